The van der Waals surface area contributed by atoms with Crippen LogP contribution in [0.3, 0.4) is 0 Å². The first-order valence-electron chi connectivity index (χ1n) is 7.74. The van der Waals surface area contributed by atoms with Crippen LogP contribution in [0.5, 0.6) is 0 Å². The van der Waals surface area contributed by atoms with E-state index in [4.69, 9.17) is 0 Å². The molecule has 7 heteroatoms. The molecule has 3 rings (SSSR count). The van der Waals surface area contributed by atoms with Crippen molar-refractivity contribution < 1.29 is 4.79 Å². The molecule has 0 unspecified atom stereocenters. The molecule has 0 saturated carbocycles. The number of benzene rings is 1. The minimum Gasteiger partial charge on any atom is -0.325 e. The lowest BCUT2D eigenvalue weighted by atomic mass is 10.2. The van der Waals surface area contributed by atoms with Gasteiger partial charge in [-0.15, -0.1) is 28.1 Å². The molecule has 0 atom stereocenters. The Kier molecular flexibility index (Phi) is 5.67. The van der Waals surface area contributed by atoms with E-state index in [2.05, 4.69) is 22.1 Å². The molecule has 0 spiro atoms. The fourth-order valence-corrected chi connectivity index (χ4v) is 3.71. The van der Waals surface area contributed by atoms with Gasteiger partial charge in [-0.05, 0) is 30.5 Å². The summed E-state index contributed by atoms with van der Waals surface area (Å²) in [7, 11) is 0. The maximum atomic E-state index is 12.2. The number of thioether (sulfide) groups is 1. The smallest absolute Gasteiger partial charge is 0.234 e. The molecule has 1 N–H and O–H groups in total. The van der Waals surface area contributed by atoms with Gasteiger partial charge in [0.1, 0.15) is 0 Å². The van der Waals surface area contributed by atoms with Crippen LogP contribution in [0.15, 0.2) is 59.6 Å². The summed E-state index contributed by atoms with van der Waals surface area (Å²) in [5, 5.41) is 14.1. The third-order valence-electron chi connectivity index (χ3n) is 3.44. The molecule has 0 fully saturated rings. The Bertz CT molecular complexity index is 854. The predicted molar refractivity (Wildman–Crippen MR) is 104 cm³/mol. The summed E-state index contributed by atoms with van der Waals surface area (Å²) in [6.45, 7) is 6.41. The monoisotopic (exact) mass is 370 g/mol. The fourth-order valence-electron chi connectivity index (χ4n) is 2.24. The second kappa shape index (κ2) is 8.13. The average molecular weight is 371 g/mol. The van der Waals surface area contributed by atoms with Crippen LogP contribution in [0.4, 0.5) is 5.69 Å². The van der Waals surface area contributed by atoms with E-state index in [-0.39, 0.29) is 11.7 Å². The normalized spacial score (nSPS) is 10.6. The molecular weight excluding hydrogens is 352 g/mol. The van der Waals surface area contributed by atoms with Gasteiger partial charge in [-0.1, -0.05) is 41.6 Å². The lowest BCUT2D eigenvalue weighted by Crippen LogP contribution is -2.14. The highest BCUT2D eigenvalue weighted by atomic mass is 32.2. The number of hydrogen-bond donors (Lipinski definition) is 1. The molecule has 0 aliphatic carbocycles. The number of aryl methyl sites for hydroxylation is 1. The van der Waals surface area contributed by atoms with Crippen LogP contribution in [-0.2, 0) is 11.3 Å². The summed E-state index contributed by atoms with van der Waals surface area (Å²) >= 11 is 2.98. The van der Waals surface area contributed by atoms with Crippen LogP contribution in [-0.4, -0.2) is 26.4 Å². The molecule has 1 aromatic carbocycles. The van der Waals surface area contributed by atoms with Crippen molar-refractivity contribution in [2.45, 2.75) is 18.6 Å². The lowest BCUT2D eigenvalue weighted by molar-refractivity contribution is -0.113. The molecule has 0 radical (unpaired) electrons. The third kappa shape index (κ3) is 4.37. The Morgan fingerprint density at radius 2 is 2.12 bits per heavy atom. The van der Waals surface area contributed by atoms with E-state index in [1.165, 1.54) is 11.8 Å². The van der Waals surface area contributed by atoms with Gasteiger partial charge in [-0.25, -0.2) is 0 Å². The number of anilines is 1. The largest absolute Gasteiger partial charge is 0.325 e. The Hall–Kier alpha value is -2.38. The van der Waals surface area contributed by atoms with Crippen molar-refractivity contribution in [2.24, 2.45) is 0 Å². The van der Waals surface area contributed by atoms with Gasteiger partial charge in [0.25, 0.3) is 0 Å². The molecule has 0 saturated heterocycles. The van der Waals surface area contributed by atoms with Crippen LogP contribution < -0.4 is 5.32 Å². The van der Waals surface area contributed by atoms with Crippen molar-refractivity contribution >= 4 is 34.7 Å². The van der Waals surface area contributed by atoms with E-state index >= 15 is 0 Å². The molecule has 0 bridgehead atoms. The van der Waals surface area contributed by atoms with Crippen molar-refractivity contribution in [2.75, 3.05) is 11.1 Å². The number of thiophene rings is 1. The Labute approximate surface area is 154 Å². The number of nitrogens with one attached hydrogen (secondary N) is 1. The van der Waals surface area contributed by atoms with Crippen molar-refractivity contribution in [3.05, 3.63) is 60.0 Å². The number of hydrogen-bond acceptors (Lipinski definition) is 5. The van der Waals surface area contributed by atoms with Gasteiger partial charge in [0.2, 0.25) is 5.91 Å². The summed E-state index contributed by atoms with van der Waals surface area (Å²) in [6, 6.07) is 11.7. The van der Waals surface area contributed by atoms with Crippen molar-refractivity contribution in [1.29, 1.82) is 0 Å². The van der Waals surface area contributed by atoms with E-state index in [0.717, 1.165) is 22.0 Å². The fraction of sp³-hybridized carbons (Fsp3) is 0.167. The first kappa shape index (κ1) is 17.4. The van der Waals surface area contributed by atoms with Crippen LogP contribution in [0.1, 0.15) is 5.56 Å². The highest BCUT2D eigenvalue weighted by Crippen LogP contribution is 2.27. The van der Waals surface area contributed by atoms with E-state index < -0.39 is 0 Å². The molecule has 1 amide bonds. The molecule has 128 valence electrons. The minimum absolute atomic E-state index is 0.0697. The molecule has 2 heterocycles. The molecular formula is C18H18N4OS2. The van der Waals surface area contributed by atoms with Crippen molar-refractivity contribution in [3.63, 3.8) is 0 Å². The van der Waals surface area contributed by atoms with Crippen LogP contribution in [0.2, 0.25) is 0 Å². The maximum absolute atomic E-state index is 12.2. The number of rotatable bonds is 7. The molecule has 0 aliphatic heterocycles. The third-order valence-corrected chi connectivity index (χ3v) is 5.27. The van der Waals surface area contributed by atoms with E-state index in [1.54, 1.807) is 17.4 Å². The molecule has 25 heavy (non-hydrogen) atoms. The Morgan fingerprint density at radius 1 is 1.32 bits per heavy atom. The highest BCUT2D eigenvalue weighted by Gasteiger charge is 2.15. The van der Waals surface area contributed by atoms with Gasteiger partial charge < -0.3 is 5.32 Å². The predicted octanol–water partition coefficient (Wildman–Crippen LogP) is 4.23. The first-order chi connectivity index (χ1) is 12.2. The summed E-state index contributed by atoms with van der Waals surface area (Å²) in [5.74, 6) is 1.00. The SMILES string of the molecule is C=CCn1c(SCC(=O)Nc2ccc(C)cc2)nnc1-c1cccs1. The van der Waals surface area contributed by atoms with Gasteiger partial charge in [0.15, 0.2) is 11.0 Å². The summed E-state index contributed by atoms with van der Waals surface area (Å²) < 4.78 is 1.97. The van der Waals surface area contributed by atoms with Gasteiger partial charge in [-0.2, -0.15) is 0 Å². The van der Waals surface area contributed by atoms with Gasteiger partial charge in [0, 0.05) is 12.2 Å². The summed E-state index contributed by atoms with van der Waals surface area (Å²) in [4.78, 5) is 13.2. The Balaban J connectivity index is 1.67. The molecule has 5 nitrogen and oxygen atoms in total. The number of nitrogens with zero attached hydrogens (tertiary/aromatic N) is 3. The summed E-state index contributed by atoms with van der Waals surface area (Å²) in [6.07, 6.45) is 1.80. The topological polar surface area (TPSA) is 59.8 Å². The van der Waals surface area contributed by atoms with E-state index in [1.807, 2.05) is 53.3 Å². The molecule has 3 aromatic rings. The number of amides is 1. The van der Waals surface area contributed by atoms with Gasteiger partial charge in [-0.3, -0.25) is 9.36 Å². The first-order valence-corrected chi connectivity index (χ1v) is 9.61. The zero-order valence-corrected chi connectivity index (χ0v) is 15.4. The number of carbonyl (C=O) groups is 1. The highest BCUT2D eigenvalue weighted by molar-refractivity contribution is 7.99. The average Bonchev–Trinajstić information content (AvgIpc) is 3.25. The number of carbonyl (C=O) groups excluding carboxylic acids is 1. The van der Waals surface area contributed by atoms with Crippen molar-refractivity contribution in [1.82, 2.24) is 14.8 Å². The zero-order valence-electron chi connectivity index (χ0n) is 13.8. The van der Waals surface area contributed by atoms with Gasteiger partial charge in [0.05, 0.1) is 10.6 Å². The van der Waals surface area contributed by atoms with Crippen molar-refractivity contribution in [3.8, 4) is 10.7 Å². The molecule has 2 aromatic heterocycles. The Morgan fingerprint density at radius 3 is 2.80 bits per heavy atom. The number of aromatic nitrogens is 3. The van der Waals surface area contributed by atoms with E-state index in [0.29, 0.717) is 11.7 Å². The van der Waals surface area contributed by atoms with Crippen LogP contribution in [0, 0.1) is 6.92 Å². The zero-order chi connectivity index (χ0) is 17.6. The molecule has 0 aliphatic rings. The maximum Gasteiger partial charge on any atom is 0.234 e. The van der Waals surface area contributed by atoms with E-state index in [9.17, 15) is 4.79 Å². The van der Waals surface area contributed by atoms with Crippen LogP contribution in [0.25, 0.3) is 10.7 Å². The lowest BCUT2D eigenvalue weighted by Gasteiger charge is -2.07. The second-order valence-corrected chi connectivity index (χ2v) is 7.28. The van der Waals surface area contributed by atoms with Crippen LogP contribution >= 0.6 is 23.1 Å². The summed E-state index contributed by atoms with van der Waals surface area (Å²) in [5.41, 5.74) is 1.95. The second-order valence-electron chi connectivity index (χ2n) is 5.39. The van der Waals surface area contributed by atoms with Gasteiger partial charge >= 0.3 is 0 Å². The number of allylic oxidation sites excluding steroid dienone is 1. The quantitative estimate of drug-likeness (QED) is 0.499. The standard InChI is InChI=1S/C18H18N4OS2/c1-3-10-22-17(15-5-4-11-24-15)20-21-18(22)25-12-16(23)19-14-8-6-13(2)7-9-14/h3-9,11H,1,10,12H2,2H3,(H,19,23). The minimum atomic E-state index is -0.0697.